The SMILES string of the molecule is O=C(O)c1ccc(C=CC(=O)c2cc3ccccc3o2)cc1. The van der Waals surface area contributed by atoms with Gasteiger partial charge in [0.15, 0.2) is 5.76 Å². The van der Waals surface area contributed by atoms with E-state index in [4.69, 9.17) is 9.52 Å². The summed E-state index contributed by atoms with van der Waals surface area (Å²) in [6.07, 6.45) is 3.04. The maximum Gasteiger partial charge on any atom is 0.335 e. The Labute approximate surface area is 126 Å². The summed E-state index contributed by atoms with van der Waals surface area (Å²) >= 11 is 0. The minimum atomic E-state index is -0.978. The van der Waals surface area contributed by atoms with Crippen LogP contribution in [0.5, 0.6) is 0 Å². The Morgan fingerprint density at radius 1 is 1.00 bits per heavy atom. The highest BCUT2D eigenvalue weighted by Gasteiger charge is 2.09. The number of furan rings is 1. The normalized spacial score (nSPS) is 11.1. The van der Waals surface area contributed by atoms with Crippen LogP contribution >= 0.6 is 0 Å². The Morgan fingerprint density at radius 2 is 1.73 bits per heavy atom. The third-order valence-electron chi connectivity index (χ3n) is 3.25. The molecule has 22 heavy (non-hydrogen) atoms. The maximum atomic E-state index is 12.1. The van der Waals surface area contributed by atoms with Gasteiger partial charge in [-0.15, -0.1) is 0 Å². The van der Waals surface area contributed by atoms with Gasteiger partial charge in [0, 0.05) is 5.39 Å². The van der Waals surface area contributed by atoms with E-state index in [1.165, 1.54) is 18.2 Å². The number of carboxylic acids is 1. The van der Waals surface area contributed by atoms with Crippen molar-refractivity contribution in [3.05, 3.63) is 77.6 Å². The summed E-state index contributed by atoms with van der Waals surface area (Å²) < 4.78 is 5.49. The number of ketones is 1. The first kappa shape index (κ1) is 13.8. The van der Waals surface area contributed by atoms with Crippen LogP contribution in [0.1, 0.15) is 26.5 Å². The monoisotopic (exact) mass is 292 g/mol. The lowest BCUT2D eigenvalue weighted by molar-refractivity contribution is 0.0696. The number of allylic oxidation sites excluding steroid dienone is 1. The van der Waals surface area contributed by atoms with Gasteiger partial charge in [-0.1, -0.05) is 36.4 Å². The average Bonchev–Trinajstić information content (AvgIpc) is 2.97. The molecule has 0 saturated heterocycles. The van der Waals surface area contributed by atoms with E-state index in [9.17, 15) is 9.59 Å². The number of carbonyl (C=O) groups excluding carboxylic acids is 1. The number of carboxylic acid groups (broad SMARTS) is 1. The van der Waals surface area contributed by atoms with E-state index < -0.39 is 5.97 Å². The Hall–Kier alpha value is -3.14. The average molecular weight is 292 g/mol. The lowest BCUT2D eigenvalue weighted by Crippen LogP contribution is -1.95. The van der Waals surface area contributed by atoms with Crippen LogP contribution in [-0.4, -0.2) is 16.9 Å². The van der Waals surface area contributed by atoms with Crippen molar-refractivity contribution in [3.8, 4) is 0 Å². The third kappa shape index (κ3) is 2.81. The van der Waals surface area contributed by atoms with Gasteiger partial charge in [-0.05, 0) is 35.9 Å². The van der Waals surface area contributed by atoms with E-state index in [2.05, 4.69) is 0 Å². The molecule has 0 atom stereocenters. The summed E-state index contributed by atoms with van der Waals surface area (Å²) in [4.78, 5) is 22.9. The van der Waals surface area contributed by atoms with Crippen molar-refractivity contribution in [1.29, 1.82) is 0 Å². The van der Waals surface area contributed by atoms with E-state index >= 15 is 0 Å². The van der Waals surface area contributed by atoms with Gasteiger partial charge >= 0.3 is 5.97 Å². The lowest BCUT2D eigenvalue weighted by Gasteiger charge is -1.95. The summed E-state index contributed by atoms with van der Waals surface area (Å²) in [5.74, 6) is -0.938. The largest absolute Gasteiger partial charge is 0.478 e. The van der Waals surface area contributed by atoms with Crippen LogP contribution in [0.4, 0.5) is 0 Å². The second kappa shape index (κ2) is 5.69. The molecule has 0 aliphatic rings. The maximum absolute atomic E-state index is 12.1. The molecule has 1 aromatic heterocycles. The summed E-state index contributed by atoms with van der Waals surface area (Å²) in [6.45, 7) is 0. The number of fused-ring (bicyclic) bond motifs is 1. The van der Waals surface area contributed by atoms with Crippen LogP contribution in [0.25, 0.3) is 17.0 Å². The van der Waals surface area contributed by atoms with Gasteiger partial charge in [-0.3, -0.25) is 4.79 Å². The molecule has 1 N–H and O–H groups in total. The van der Waals surface area contributed by atoms with Gasteiger partial charge in [0.2, 0.25) is 5.78 Å². The molecule has 0 saturated carbocycles. The number of hydrogen-bond donors (Lipinski definition) is 1. The van der Waals surface area contributed by atoms with Gasteiger partial charge in [0.05, 0.1) is 5.56 Å². The minimum absolute atomic E-state index is 0.209. The molecule has 108 valence electrons. The molecule has 0 amide bonds. The molecule has 4 nitrogen and oxygen atoms in total. The first-order chi connectivity index (χ1) is 10.6. The van der Waals surface area contributed by atoms with Crippen molar-refractivity contribution in [1.82, 2.24) is 0 Å². The molecule has 2 aromatic carbocycles. The third-order valence-corrected chi connectivity index (χ3v) is 3.25. The second-order valence-corrected chi connectivity index (χ2v) is 4.77. The molecule has 0 aliphatic carbocycles. The minimum Gasteiger partial charge on any atom is -0.478 e. The molecular formula is C18H12O4. The zero-order valence-corrected chi connectivity index (χ0v) is 11.5. The Balaban J connectivity index is 1.79. The molecule has 0 fully saturated rings. The molecule has 0 aliphatic heterocycles. The fourth-order valence-electron chi connectivity index (χ4n) is 2.09. The molecule has 3 aromatic rings. The number of aromatic carboxylic acids is 1. The summed E-state index contributed by atoms with van der Waals surface area (Å²) in [5.41, 5.74) is 1.63. The van der Waals surface area contributed by atoms with Crippen LogP contribution in [0.2, 0.25) is 0 Å². The Morgan fingerprint density at radius 3 is 2.41 bits per heavy atom. The molecule has 3 rings (SSSR count). The van der Waals surface area contributed by atoms with Crippen LogP contribution in [0, 0.1) is 0 Å². The van der Waals surface area contributed by atoms with Crippen molar-refractivity contribution in [2.75, 3.05) is 0 Å². The van der Waals surface area contributed by atoms with Crippen LogP contribution in [0.3, 0.4) is 0 Å². The fourth-order valence-corrected chi connectivity index (χ4v) is 2.09. The predicted molar refractivity (Wildman–Crippen MR) is 83.0 cm³/mol. The zero-order valence-electron chi connectivity index (χ0n) is 11.5. The van der Waals surface area contributed by atoms with Crippen molar-refractivity contribution in [2.24, 2.45) is 0 Å². The van der Waals surface area contributed by atoms with Gasteiger partial charge < -0.3 is 9.52 Å². The molecule has 1 heterocycles. The van der Waals surface area contributed by atoms with Crippen molar-refractivity contribution >= 4 is 28.8 Å². The van der Waals surface area contributed by atoms with Gasteiger partial charge in [0.1, 0.15) is 5.58 Å². The smallest absolute Gasteiger partial charge is 0.335 e. The number of benzene rings is 2. The number of carbonyl (C=O) groups is 2. The lowest BCUT2D eigenvalue weighted by atomic mass is 10.1. The molecule has 0 unspecified atom stereocenters. The summed E-state index contributed by atoms with van der Waals surface area (Å²) in [5, 5.41) is 9.71. The van der Waals surface area contributed by atoms with Crippen molar-refractivity contribution in [2.45, 2.75) is 0 Å². The number of hydrogen-bond acceptors (Lipinski definition) is 3. The number of para-hydroxylation sites is 1. The fraction of sp³-hybridized carbons (Fsp3) is 0. The van der Waals surface area contributed by atoms with E-state index in [0.29, 0.717) is 5.58 Å². The molecular weight excluding hydrogens is 280 g/mol. The standard InChI is InChI=1S/C18H12O4/c19-15(17-11-14-3-1-2-4-16(14)22-17)10-7-12-5-8-13(9-6-12)18(20)21/h1-11H,(H,20,21). The van der Waals surface area contributed by atoms with Crippen molar-refractivity contribution < 1.29 is 19.1 Å². The quantitative estimate of drug-likeness (QED) is 0.582. The second-order valence-electron chi connectivity index (χ2n) is 4.77. The summed E-state index contributed by atoms with van der Waals surface area (Å²) in [7, 11) is 0. The topological polar surface area (TPSA) is 67.5 Å². The number of rotatable bonds is 4. The highest BCUT2D eigenvalue weighted by molar-refractivity contribution is 6.07. The highest BCUT2D eigenvalue weighted by atomic mass is 16.4. The Bertz CT molecular complexity index is 836. The Kier molecular flexibility index (Phi) is 3.58. The van der Waals surface area contributed by atoms with Gasteiger partial charge in [-0.2, -0.15) is 0 Å². The molecule has 0 radical (unpaired) electrons. The predicted octanol–water partition coefficient (Wildman–Crippen LogP) is 4.03. The van der Waals surface area contributed by atoms with E-state index in [0.717, 1.165) is 10.9 Å². The zero-order chi connectivity index (χ0) is 15.5. The first-order valence-electron chi connectivity index (χ1n) is 6.68. The van der Waals surface area contributed by atoms with Crippen LogP contribution in [-0.2, 0) is 0 Å². The first-order valence-corrected chi connectivity index (χ1v) is 6.68. The molecule has 0 bridgehead atoms. The van der Waals surface area contributed by atoms with Crippen LogP contribution in [0.15, 0.2) is 65.1 Å². The van der Waals surface area contributed by atoms with Crippen LogP contribution < -0.4 is 0 Å². The van der Waals surface area contributed by atoms with Crippen molar-refractivity contribution in [3.63, 3.8) is 0 Å². The van der Waals surface area contributed by atoms with Gasteiger partial charge in [0.25, 0.3) is 0 Å². The highest BCUT2D eigenvalue weighted by Crippen LogP contribution is 2.19. The van der Waals surface area contributed by atoms with Gasteiger partial charge in [-0.25, -0.2) is 4.79 Å². The molecule has 4 heteroatoms. The van der Waals surface area contributed by atoms with E-state index in [1.807, 2.05) is 18.2 Å². The van der Waals surface area contributed by atoms with E-state index in [1.54, 1.807) is 30.3 Å². The molecule has 0 spiro atoms. The summed E-state index contributed by atoms with van der Waals surface area (Å²) in [6, 6.07) is 15.4. The van der Waals surface area contributed by atoms with E-state index in [-0.39, 0.29) is 17.1 Å².